The van der Waals surface area contributed by atoms with Crippen molar-refractivity contribution in [3.63, 3.8) is 0 Å². The van der Waals surface area contributed by atoms with E-state index in [4.69, 9.17) is 24.1 Å². The summed E-state index contributed by atoms with van der Waals surface area (Å²) in [6.45, 7) is 1.51. The van der Waals surface area contributed by atoms with Crippen LogP contribution in [-0.4, -0.2) is 110 Å². The van der Waals surface area contributed by atoms with Crippen molar-refractivity contribution < 1.29 is 54.7 Å². The maximum atomic E-state index is 10.1. The molecular formula is C14H24O11. The van der Waals surface area contributed by atoms with Crippen LogP contribution < -0.4 is 0 Å². The van der Waals surface area contributed by atoms with Gasteiger partial charge >= 0.3 is 0 Å². The van der Waals surface area contributed by atoms with Gasteiger partial charge in [0.15, 0.2) is 6.29 Å². The number of aliphatic hydroxyl groups excluding tert-OH is 7. The molecule has 2 aliphatic rings. The summed E-state index contributed by atoms with van der Waals surface area (Å²) < 4.78 is 20.7. The number of hydrogen-bond donors (Lipinski definition) is 7. The molecule has 0 aromatic heterocycles. The first-order chi connectivity index (χ1) is 11.8. The van der Waals surface area contributed by atoms with Crippen LogP contribution >= 0.6 is 0 Å². The van der Waals surface area contributed by atoms with E-state index in [1.807, 2.05) is 0 Å². The quantitative estimate of drug-likeness (QED) is 0.217. The van der Waals surface area contributed by atoms with Crippen molar-refractivity contribution in [1.82, 2.24) is 0 Å². The Labute approximate surface area is 143 Å². The molecule has 2 heterocycles. The zero-order chi connectivity index (χ0) is 18.8. The molecule has 9 atom stereocenters. The predicted octanol–water partition coefficient (Wildman–Crippen LogP) is -4.23. The summed E-state index contributed by atoms with van der Waals surface area (Å²) in [5.41, 5.74) is 0. The molecule has 2 fully saturated rings. The third kappa shape index (κ3) is 3.80. The van der Waals surface area contributed by atoms with Gasteiger partial charge in [-0.3, -0.25) is 0 Å². The van der Waals surface area contributed by atoms with Gasteiger partial charge in [-0.15, -0.1) is 0 Å². The Hall–Kier alpha value is -0.860. The van der Waals surface area contributed by atoms with Crippen molar-refractivity contribution in [2.75, 3.05) is 19.8 Å². The highest BCUT2D eigenvalue weighted by molar-refractivity contribution is 4.98. The first-order valence-corrected chi connectivity index (χ1v) is 7.67. The van der Waals surface area contributed by atoms with Crippen LogP contribution in [0.5, 0.6) is 0 Å². The largest absolute Gasteiger partial charge is 0.499 e. The molecule has 2 aliphatic heterocycles. The molecule has 0 aromatic rings. The van der Waals surface area contributed by atoms with Crippen LogP contribution in [0.25, 0.3) is 0 Å². The Bertz CT molecular complexity index is 448. The molecule has 0 spiro atoms. The molecule has 25 heavy (non-hydrogen) atoms. The lowest BCUT2D eigenvalue weighted by Crippen LogP contribution is -2.62. The molecule has 2 saturated heterocycles. The van der Waals surface area contributed by atoms with Gasteiger partial charge in [0.25, 0.3) is 0 Å². The fourth-order valence-electron chi connectivity index (χ4n) is 2.78. The Kier molecular flexibility index (Phi) is 6.73. The molecule has 0 unspecified atom stereocenters. The van der Waals surface area contributed by atoms with E-state index in [1.165, 1.54) is 0 Å². The second-order valence-corrected chi connectivity index (χ2v) is 5.88. The van der Waals surface area contributed by atoms with Gasteiger partial charge < -0.3 is 54.7 Å². The Morgan fingerprint density at radius 1 is 0.960 bits per heavy atom. The zero-order valence-corrected chi connectivity index (χ0v) is 13.3. The fourth-order valence-corrected chi connectivity index (χ4v) is 2.78. The van der Waals surface area contributed by atoms with E-state index in [1.54, 1.807) is 0 Å². The molecule has 2 rings (SSSR count). The minimum Gasteiger partial charge on any atom is -0.499 e. The first-order valence-electron chi connectivity index (χ1n) is 7.67. The topological polar surface area (TPSA) is 179 Å². The van der Waals surface area contributed by atoms with Gasteiger partial charge in [0, 0.05) is 0 Å². The van der Waals surface area contributed by atoms with Crippen molar-refractivity contribution >= 4 is 0 Å². The van der Waals surface area contributed by atoms with Crippen molar-refractivity contribution in [2.24, 2.45) is 0 Å². The lowest BCUT2D eigenvalue weighted by Gasteiger charge is -2.43. The maximum Gasteiger partial charge on any atom is 0.224 e. The van der Waals surface area contributed by atoms with E-state index in [9.17, 15) is 30.6 Å². The lowest BCUT2D eigenvalue weighted by molar-refractivity contribution is -0.383. The third-order valence-corrected chi connectivity index (χ3v) is 4.27. The summed E-state index contributed by atoms with van der Waals surface area (Å²) in [6, 6.07) is 0. The van der Waals surface area contributed by atoms with Crippen LogP contribution in [0, 0.1) is 0 Å². The lowest BCUT2D eigenvalue weighted by atomic mass is 9.99. The molecule has 146 valence electrons. The van der Waals surface area contributed by atoms with Crippen LogP contribution in [-0.2, 0) is 18.9 Å². The number of aliphatic hydroxyl groups is 7. The molecule has 7 N–H and O–H groups in total. The predicted molar refractivity (Wildman–Crippen MR) is 77.7 cm³/mol. The number of ether oxygens (including phenoxy) is 4. The summed E-state index contributed by atoms with van der Waals surface area (Å²) >= 11 is 0. The van der Waals surface area contributed by atoms with Gasteiger partial charge in [0.2, 0.25) is 5.79 Å². The molecule has 0 radical (unpaired) electrons. The van der Waals surface area contributed by atoms with Gasteiger partial charge in [0.1, 0.15) is 55.9 Å². The smallest absolute Gasteiger partial charge is 0.224 e. The van der Waals surface area contributed by atoms with Crippen molar-refractivity contribution in [2.45, 2.75) is 54.8 Å². The van der Waals surface area contributed by atoms with Crippen LogP contribution in [0.2, 0.25) is 0 Å². The fraction of sp³-hybridized carbons (Fsp3) is 0.857. The first kappa shape index (κ1) is 20.5. The molecule has 0 aromatic carbocycles. The van der Waals surface area contributed by atoms with Crippen LogP contribution in [0.4, 0.5) is 0 Å². The molecular weight excluding hydrogens is 344 g/mol. The van der Waals surface area contributed by atoms with Crippen molar-refractivity contribution in [1.29, 1.82) is 0 Å². The summed E-state index contributed by atoms with van der Waals surface area (Å²) in [4.78, 5) is 0. The van der Waals surface area contributed by atoms with Gasteiger partial charge in [-0.25, -0.2) is 0 Å². The van der Waals surface area contributed by atoms with E-state index in [2.05, 4.69) is 6.58 Å². The summed E-state index contributed by atoms with van der Waals surface area (Å²) in [5.74, 6) is -2.20. The summed E-state index contributed by atoms with van der Waals surface area (Å²) in [5, 5.41) is 68.5. The highest BCUT2D eigenvalue weighted by atomic mass is 16.8. The second kappa shape index (κ2) is 8.22. The number of hydrogen-bond acceptors (Lipinski definition) is 11. The van der Waals surface area contributed by atoms with Gasteiger partial charge in [-0.1, -0.05) is 6.58 Å². The van der Waals surface area contributed by atoms with E-state index in [0.29, 0.717) is 0 Å². The Morgan fingerprint density at radius 3 is 2.16 bits per heavy atom. The Balaban J connectivity index is 2.16. The molecule has 11 nitrogen and oxygen atoms in total. The normalized spacial score (nSPS) is 47.6. The van der Waals surface area contributed by atoms with Crippen LogP contribution in [0.3, 0.4) is 0 Å². The standard InChI is InChI=1S/C14H24O11/c1-2-22-4-7-8(17)10(19)11(20)13(23-7)25-14(5-16)12(21)9(18)6(3-15)24-14/h2,6-13,15-21H,1,3-5H2/t6-,7-,8-,9-,10+,11-,12+,13-,14+/m1/s1. The van der Waals surface area contributed by atoms with Crippen molar-refractivity contribution in [3.8, 4) is 0 Å². The highest BCUT2D eigenvalue weighted by Gasteiger charge is 2.58. The Morgan fingerprint density at radius 2 is 1.64 bits per heavy atom. The van der Waals surface area contributed by atoms with E-state index >= 15 is 0 Å². The monoisotopic (exact) mass is 368 g/mol. The minimum atomic E-state index is -2.20. The van der Waals surface area contributed by atoms with Gasteiger partial charge in [0.05, 0.1) is 12.9 Å². The molecule has 0 bridgehead atoms. The summed E-state index contributed by atoms with van der Waals surface area (Å²) in [7, 11) is 0. The minimum absolute atomic E-state index is 0.217. The molecule has 0 amide bonds. The van der Waals surface area contributed by atoms with E-state index in [-0.39, 0.29) is 6.61 Å². The average Bonchev–Trinajstić information content (AvgIpc) is 2.86. The second-order valence-electron chi connectivity index (χ2n) is 5.88. The van der Waals surface area contributed by atoms with Gasteiger partial charge in [-0.2, -0.15) is 0 Å². The van der Waals surface area contributed by atoms with Crippen LogP contribution in [0.1, 0.15) is 0 Å². The highest BCUT2D eigenvalue weighted by Crippen LogP contribution is 2.35. The third-order valence-electron chi connectivity index (χ3n) is 4.27. The van der Waals surface area contributed by atoms with Crippen molar-refractivity contribution in [3.05, 3.63) is 12.8 Å². The molecule has 0 aliphatic carbocycles. The number of rotatable bonds is 7. The van der Waals surface area contributed by atoms with Gasteiger partial charge in [-0.05, 0) is 0 Å². The zero-order valence-electron chi connectivity index (χ0n) is 13.3. The van der Waals surface area contributed by atoms with Crippen LogP contribution in [0.15, 0.2) is 12.8 Å². The SMILES string of the molecule is C=COC[C@H]1O[C@H](O[C@]2(CO)O[C@H](CO)[C@@H](O)[C@@H]2O)[C@H](O)[C@@H](O)[C@@H]1O. The van der Waals surface area contributed by atoms with E-state index in [0.717, 1.165) is 6.26 Å². The average molecular weight is 368 g/mol. The molecule has 0 saturated carbocycles. The molecule has 11 heteroatoms. The van der Waals surface area contributed by atoms with E-state index < -0.39 is 68.0 Å². The summed E-state index contributed by atoms with van der Waals surface area (Å²) in [6.07, 6.45) is -11.2. The maximum absolute atomic E-state index is 10.1.